The zero-order chi connectivity index (χ0) is 15.4. The number of hydrogen-bond acceptors (Lipinski definition) is 4. The molecule has 6 nitrogen and oxygen atoms in total. The third-order valence-corrected chi connectivity index (χ3v) is 3.74. The van der Waals surface area contributed by atoms with Gasteiger partial charge in [0.2, 0.25) is 0 Å². The fourth-order valence-electron chi connectivity index (χ4n) is 2.76. The highest BCUT2D eigenvalue weighted by Crippen LogP contribution is 2.21. The molecule has 1 aromatic heterocycles. The molecule has 1 atom stereocenters. The molecule has 6 heteroatoms. The van der Waals surface area contributed by atoms with Crippen molar-refractivity contribution >= 4 is 11.9 Å². The molecule has 2 heterocycles. The van der Waals surface area contributed by atoms with Gasteiger partial charge in [-0.2, -0.15) is 5.10 Å². The van der Waals surface area contributed by atoms with E-state index in [1.165, 1.54) is 0 Å². The lowest BCUT2D eigenvalue weighted by atomic mass is 10.0. The third-order valence-electron chi connectivity index (χ3n) is 3.74. The Hall–Kier alpha value is -1.85. The predicted molar refractivity (Wildman–Crippen MR) is 77.9 cm³/mol. The van der Waals surface area contributed by atoms with Gasteiger partial charge in [-0.25, -0.2) is 4.79 Å². The maximum absolute atomic E-state index is 12.8. The summed E-state index contributed by atoms with van der Waals surface area (Å²) < 4.78 is 6.79. The van der Waals surface area contributed by atoms with Crippen LogP contribution < -0.4 is 0 Å². The van der Waals surface area contributed by atoms with E-state index in [4.69, 9.17) is 4.74 Å². The molecule has 0 radical (unpaired) electrons. The molecule has 1 unspecified atom stereocenters. The molecule has 116 valence electrons. The molecular formula is C15H23N3O3. The molecule has 2 rings (SSSR count). The molecule has 0 spiro atoms. The monoisotopic (exact) mass is 293 g/mol. The molecule has 21 heavy (non-hydrogen) atoms. The normalized spacial score (nSPS) is 18.6. The second-order valence-electron chi connectivity index (χ2n) is 5.25. The summed E-state index contributed by atoms with van der Waals surface area (Å²) in [5.74, 6) is -0.431. The Bertz CT molecular complexity index is 524. The van der Waals surface area contributed by atoms with Gasteiger partial charge in [-0.05, 0) is 46.1 Å². The number of carbonyl (C=O) groups is 2. The number of esters is 1. The van der Waals surface area contributed by atoms with Gasteiger partial charge in [0, 0.05) is 13.1 Å². The highest BCUT2D eigenvalue weighted by atomic mass is 16.5. The predicted octanol–water partition coefficient (Wildman–Crippen LogP) is 1.77. The Morgan fingerprint density at radius 1 is 1.38 bits per heavy atom. The summed E-state index contributed by atoms with van der Waals surface area (Å²) in [4.78, 5) is 26.5. The van der Waals surface area contributed by atoms with Crippen LogP contribution in [0.5, 0.6) is 0 Å². The maximum atomic E-state index is 12.8. The zero-order valence-electron chi connectivity index (χ0n) is 13.0. The first-order valence-electron chi connectivity index (χ1n) is 7.60. The Balaban J connectivity index is 2.24. The number of nitrogens with zero attached hydrogens (tertiary/aromatic N) is 3. The summed E-state index contributed by atoms with van der Waals surface area (Å²) in [6.45, 7) is 7.15. The highest BCUT2D eigenvalue weighted by Gasteiger charge is 2.34. The van der Waals surface area contributed by atoms with Crippen LogP contribution in [0.4, 0.5) is 0 Å². The summed E-state index contributed by atoms with van der Waals surface area (Å²) >= 11 is 0. The van der Waals surface area contributed by atoms with Crippen LogP contribution in [0.3, 0.4) is 0 Å². The SMILES string of the molecule is CCOC(=O)C1CCCCN1C(=O)c1cc(C)nn1CC. The van der Waals surface area contributed by atoms with E-state index >= 15 is 0 Å². The van der Waals surface area contributed by atoms with E-state index in [1.807, 2.05) is 13.8 Å². The smallest absolute Gasteiger partial charge is 0.328 e. The zero-order valence-corrected chi connectivity index (χ0v) is 13.0. The van der Waals surface area contributed by atoms with Gasteiger partial charge < -0.3 is 9.64 Å². The molecule has 0 bridgehead atoms. The lowest BCUT2D eigenvalue weighted by Gasteiger charge is -2.33. The van der Waals surface area contributed by atoms with Crippen molar-refractivity contribution < 1.29 is 14.3 Å². The van der Waals surface area contributed by atoms with Crippen molar-refractivity contribution in [2.45, 2.75) is 52.6 Å². The summed E-state index contributed by atoms with van der Waals surface area (Å²) in [6, 6.07) is 1.31. The standard InChI is InChI=1S/C15H23N3O3/c1-4-18-13(10-11(3)16-18)14(19)17-9-7-6-8-12(17)15(20)21-5-2/h10,12H,4-9H2,1-3H3. The first-order chi connectivity index (χ1) is 10.1. The van der Waals surface area contributed by atoms with E-state index in [0.717, 1.165) is 18.5 Å². The number of likely N-dealkylation sites (tertiary alicyclic amines) is 1. The van der Waals surface area contributed by atoms with Crippen molar-refractivity contribution in [3.05, 3.63) is 17.5 Å². The lowest BCUT2D eigenvalue weighted by Crippen LogP contribution is -2.49. The Kier molecular flexibility index (Phi) is 4.98. The minimum absolute atomic E-state index is 0.129. The summed E-state index contributed by atoms with van der Waals surface area (Å²) in [5.41, 5.74) is 1.36. The van der Waals surface area contributed by atoms with Gasteiger partial charge in [-0.1, -0.05) is 0 Å². The minimum Gasteiger partial charge on any atom is -0.464 e. The Morgan fingerprint density at radius 3 is 2.81 bits per heavy atom. The molecule has 0 aliphatic carbocycles. The molecule has 1 saturated heterocycles. The fraction of sp³-hybridized carbons (Fsp3) is 0.667. The first kappa shape index (κ1) is 15.5. The number of rotatable bonds is 4. The Morgan fingerprint density at radius 2 is 2.14 bits per heavy atom. The van der Waals surface area contributed by atoms with Crippen LogP contribution in [-0.4, -0.2) is 45.8 Å². The van der Waals surface area contributed by atoms with Crippen LogP contribution in [0, 0.1) is 6.92 Å². The average Bonchev–Trinajstić information content (AvgIpc) is 2.88. The van der Waals surface area contributed by atoms with Crippen molar-refractivity contribution in [1.29, 1.82) is 0 Å². The van der Waals surface area contributed by atoms with E-state index in [-0.39, 0.29) is 11.9 Å². The van der Waals surface area contributed by atoms with Gasteiger partial charge >= 0.3 is 5.97 Å². The van der Waals surface area contributed by atoms with E-state index in [9.17, 15) is 9.59 Å². The molecule has 1 fully saturated rings. The fourth-order valence-corrected chi connectivity index (χ4v) is 2.76. The second-order valence-corrected chi connectivity index (χ2v) is 5.25. The molecule has 1 amide bonds. The molecule has 0 N–H and O–H groups in total. The molecule has 1 aliphatic rings. The third kappa shape index (κ3) is 3.25. The second kappa shape index (κ2) is 6.74. The number of aryl methyl sites for hydroxylation is 2. The number of amides is 1. The van der Waals surface area contributed by atoms with Crippen molar-refractivity contribution in [2.75, 3.05) is 13.2 Å². The van der Waals surface area contributed by atoms with E-state index in [1.54, 1.807) is 22.6 Å². The average molecular weight is 293 g/mol. The molecular weight excluding hydrogens is 270 g/mol. The van der Waals surface area contributed by atoms with Crippen molar-refractivity contribution in [3.8, 4) is 0 Å². The largest absolute Gasteiger partial charge is 0.464 e. The maximum Gasteiger partial charge on any atom is 0.328 e. The molecule has 1 aliphatic heterocycles. The minimum atomic E-state index is -0.466. The van der Waals surface area contributed by atoms with Gasteiger partial charge in [-0.15, -0.1) is 0 Å². The van der Waals surface area contributed by atoms with Crippen LogP contribution >= 0.6 is 0 Å². The van der Waals surface area contributed by atoms with Gasteiger partial charge in [0.15, 0.2) is 0 Å². The first-order valence-corrected chi connectivity index (χ1v) is 7.60. The Labute approximate surface area is 125 Å². The molecule has 0 saturated carbocycles. The van der Waals surface area contributed by atoms with Gasteiger partial charge in [0.25, 0.3) is 5.91 Å². The van der Waals surface area contributed by atoms with Gasteiger partial charge in [0.1, 0.15) is 11.7 Å². The molecule has 0 aromatic carbocycles. The van der Waals surface area contributed by atoms with Crippen molar-refractivity contribution in [2.24, 2.45) is 0 Å². The van der Waals surface area contributed by atoms with Crippen molar-refractivity contribution in [3.63, 3.8) is 0 Å². The number of carbonyl (C=O) groups excluding carboxylic acids is 2. The number of hydrogen-bond donors (Lipinski definition) is 0. The molecule has 1 aromatic rings. The number of ether oxygens (including phenoxy) is 1. The van der Waals surface area contributed by atoms with Gasteiger partial charge in [0.05, 0.1) is 12.3 Å². The quantitative estimate of drug-likeness (QED) is 0.794. The van der Waals surface area contributed by atoms with E-state index in [2.05, 4.69) is 5.10 Å². The number of aromatic nitrogens is 2. The number of piperidine rings is 1. The van der Waals surface area contributed by atoms with Gasteiger partial charge in [-0.3, -0.25) is 9.48 Å². The van der Waals surface area contributed by atoms with Crippen LogP contribution in [0.25, 0.3) is 0 Å². The summed E-state index contributed by atoms with van der Waals surface area (Å²) in [5, 5.41) is 4.30. The van der Waals surface area contributed by atoms with Crippen molar-refractivity contribution in [1.82, 2.24) is 14.7 Å². The lowest BCUT2D eigenvalue weighted by molar-refractivity contribution is -0.149. The van der Waals surface area contributed by atoms with Crippen LogP contribution in [0.2, 0.25) is 0 Å². The van der Waals surface area contributed by atoms with E-state index < -0.39 is 6.04 Å². The van der Waals surface area contributed by atoms with Crippen LogP contribution in [0.1, 0.15) is 49.3 Å². The van der Waals surface area contributed by atoms with Crippen LogP contribution in [0.15, 0.2) is 6.07 Å². The summed E-state index contributed by atoms with van der Waals surface area (Å²) in [6.07, 6.45) is 2.53. The van der Waals surface area contributed by atoms with Crippen LogP contribution in [-0.2, 0) is 16.1 Å². The van der Waals surface area contributed by atoms with E-state index in [0.29, 0.717) is 31.8 Å². The topological polar surface area (TPSA) is 64.4 Å². The highest BCUT2D eigenvalue weighted by molar-refractivity contribution is 5.95. The summed E-state index contributed by atoms with van der Waals surface area (Å²) in [7, 11) is 0.